The Morgan fingerprint density at radius 2 is 1.74 bits per heavy atom. The van der Waals surface area contributed by atoms with Gasteiger partial charge in [-0.1, -0.05) is 65.7 Å². The van der Waals surface area contributed by atoms with Crippen molar-refractivity contribution in [1.82, 2.24) is 9.88 Å². The van der Waals surface area contributed by atoms with Crippen molar-refractivity contribution in [1.29, 1.82) is 0 Å². The lowest BCUT2D eigenvalue weighted by atomic mass is 10.0. The molecule has 0 fully saturated rings. The van der Waals surface area contributed by atoms with Gasteiger partial charge in [-0.05, 0) is 48.0 Å². The lowest BCUT2D eigenvalue weighted by Gasteiger charge is -2.13. The highest BCUT2D eigenvalue weighted by molar-refractivity contribution is 6.34. The molecule has 0 radical (unpaired) electrons. The largest absolute Gasteiger partial charge is 0.487 e. The van der Waals surface area contributed by atoms with Gasteiger partial charge in [0.1, 0.15) is 12.4 Å². The number of aromatic nitrogens is 1. The summed E-state index contributed by atoms with van der Waals surface area (Å²) in [6.45, 7) is 0.245. The Labute approximate surface area is 213 Å². The quantitative estimate of drug-likeness (QED) is 0.207. The molecule has 1 aromatic heterocycles. The van der Waals surface area contributed by atoms with E-state index in [0.717, 1.165) is 16.6 Å². The fraction of sp³-hybridized carbons (Fsp3) is 0.107. The molecule has 5 nitrogen and oxygen atoms in total. The first-order valence-corrected chi connectivity index (χ1v) is 11.6. The van der Waals surface area contributed by atoms with Crippen molar-refractivity contribution in [3.63, 3.8) is 0 Å². The van der Waals surface area contributed by atoms with Gasteiger partial charge in [0.15, 0.2) is 5.78 Å². The van der Waals surface area contributed by atoms with Gasteiger partial charge in [-0.15, -0.1) is 0 Å². The average molecular weight is 505 g/mol. The predicted octanol–water partition coefficient (Wildman–Crippen LogP) is 6.72. The fourth-order valence-corrected chi connectivity index (χ4v) is 3.93. The third-order valence-corrected chi connectivity index (χ3v) is 5.85. The number of ketones is 1. The molecule has 3 aromatic carbocycles. The van der Waals surface area contributed by atoms with Gasteiger partial charge in [0.25, 0.3) is 5.91 Å². The minimum absolute atomic E-state index is 0.225. The van der Waals surface area contributed by atoms with Gasteiger partial charge in [0.05, 0.1) is 21.8 Å². The van der Waals surface area contributed by atoms with E-state index in [1.807, 2.05) is 30.3 Å². The number of rotatable bonds is 7. The van der Waals surface area contributed by atoms with Crippen LogP contribution in [-0.2, 0) is 6.61 Å². The molecule has 7 heteroatoms. The summed E-state index contributed by atoms with van der Waals surface area (Å²) in [5.74, 6) is 0.0864. The Balaban J connectivity index is 1.48. The van der Waals surface area contributed by atoms with Crippen molar-refractivity contribution in [2.75, 3.05) is 14.1 Å². The molecule has 1 heterocycles. The highest BCUT2D eigenvalue weighted by atomic mass is 35.5. The zero-order chi connectivity index (χ0) is 24.9. The number of hydrogen-bond acceptors (Lipinski definition) is 4. The standard InChI is InChI=1S/C28H22Cl2N2O3/c1-32(2)28(34)27-19(5-4-8-24(27)30)11-14-26(33)20-6-3-7-23(15-20)35-17-22-13-10-18-9-12-21(29)16-25(18)31-22/h3-16H,17H2,1-2H3. The first-order chi connectivity index (χ1) is 16.8. The van der Waals surface area contributed by atoms with Crippen LogP contribution in [0.15, 0.2) is 78.9 Å². The second kappa shape index (κ2) is 10.7. The van der Waals surface area contributed by atoms with Gasteiger partial charge >= 0.3 is 0 Å². The minimum Gasteiger partial charge on any atom is -0.487 e. The number of fused-ring (bicyclic) bond motifs is 1. The second-order valence-electron chi connectivity index (χ2n) is 8.06. The van der Waals surface area contributed by atoms with Crippen molar-refractivity contribution in [3.8, 4) is 5.75 Å². The van der Waals surface area contributed by atoms with Crippen LogP contribution in [0.1, 0.15) is 32.0 Å². The van der Waals surface area contributed by atoms with E-state index in [0.29, 0.717) is 32.5 Å². The van der Waals surface area contributed by atoms with E-state index >= 15 is 0 Å². The van der Waals surface area contributed by atoms with Gasteiger partial charge in [-0.3, -0.25) is 9.59 Å². The van der Waals surface area contributed by atoms with Crippen molar-refractivity contribution >= 4 is 51.9 Å². The number of allylic oxidation sites excluding steroid dienone is 1. The second-order valence-corrected chi connectivity index (χ2v) is 8.90. The Morgan fingerprint density at radius 1 is 0.971 bits per heavy atom. The summed E-state index contributed by atoms with van der Waals surface area (Å²) >= 11 is 12.3. The van der Waals surface area contributed by atoms with E-state index in [1.165, 1.54) is 11.0 Å². The molecule has 176 valence electrons. The molecule has 4 rings (SSSR count). The summed E-state index contributed by atoms with van der Waals surface area (Å²) in [6.07, 6.45) is 3.02. The molecule has 0 N–H and O–H groups in total. The average Bonchev–Trinajstić information content (AvgIpc) is 2.85. The van der Waals surface area contributed by atoms with E-state index in [1.54, 1.807) is 62.6 Å². The Hall–Kier alpha value is -3.67. The Bertz CT molecular complexity index is 1450. The number of benzene rings is 3. The van der Waals surface area contributed by atoms with Crippen LogP contribution in [0.3, 0.4) is 0 Å². The van der Waals surface area contributed by atoms with Crippen LogP contribution in [-0.4, -0.2) is 35.7 Å². The highest BCUT2D eigenvalue weighted by Crippen LogP contribution is 2.24. The molecule has 35 heavy (non-hydrogen) atoms. The molecule has 0 saturated heterocycles. The van der Waals surface area contributed by atoms with Crippen LogP contribution in [0.4, 0.5) is 0 Å². The topological polar surface area (TPSA) is 59.5 Å². The predicted molar refractivity (Wildman–Crippen MR) is 140 cm³/mol. The zero-order valence-corrected chi connectivity index (χ0v) is 20.7. The van der Waals surface area contributed by atoms with E-state index in [4.69, 9.17) is 27.9 Å². The number of amides is 1. The molecular weight excluding hydrogens is 483 g/mol. The molecule has 0 aliphatic rings. The van der Waals surface area contributed by atoms with Crippen LogP contribution in [0, 0.1) is 0 Å². The molecule has 0 aliphatic carbocycles. The minimum atomic E-state index is -0.234. The number of pyridine rings is 1. The Kier molecular flexibility index (Phi) is 7.49. The molecule has 0 unspecified atom stereocenters. The smallest absolute Gasteiger partial charge is 0.255 e. The van der Waals surface area contributed by atoms with Crippen LogP contribution >= 0.6 is 23.2 Å². The van der Waals surface area contributed by atoms with Gasteiger partial charge in [0, 0.05) is 30.1 Å². The summed E-state index contributed by atoms with van der Waals surface area (Å²) in [7, 11) is 3.30. The number of hydrogen-bond donors (Lipinski definition) is 0. The first-order valence-electron chi connectivity index (χ1n) is 10.8. The Morgan fingerprint density at radius 3 is 2.54 bits per heavy atom. The third kappa shape index (κ3) is 5.88. The summed E-state index contributed by atoms with van der Waals surface area (Å²) in [5.41, 5.74) is 2.92. The monoisotopic (exact) mass is 504 g/mol. The van der Waals surface area contributed by atoms with Crippen molar-refractivity contribution in [2.45, 2.75) is 6.61 Å². The summed E-state index contributed by atoms with van der Waals surface area (Å²) in [6, 6.07) is 21.5. The first kappa shape index (κ1) is 24.5. The lowest BCUT2D eigenvalue weighted by molar-refractivity contribution is 0.0827. The number of nitrogens with zero attached hydrogens (tertiary/aromatic N) is 2. The molecule has 4 aromatic rings. The van der Waals surface area contributed by atoms with E-state index < -0.39 is 0 Å². The van der Waals surface area contributed by atoms with E-state index in [9.17, 15) is 9.59 Å². The molecule has 0 atom stereocenters. The maximum absolute atomic E-state index is 12.8. The molecule has 0 spiro atoms. The van der Waals surface area contributed by atoms with Crippen molar-refractivity contribution in [3.05, 3.63) is 111 Å². The van der Waals surface area contributed by atoms with Gasteiger partial charge < -0.3 is 9.64 Å². The van der Waals surface area contributed by atoms with Crippen LogP contribution in [0.25, 0.3) is 17.0 Å². The van der Waals surface area contributed by atoms with Gasteiger partial charge in [0.2, 0.25) is 0 Å². The fourth-order valence-electron chi connectivity index (χ4n) is 3.50. The van der Waals surface area contributed by atoms with Gasteiger partial charge in [-0.2, -0.15) is 0 Å². The number of carbonyl (C=O) groups excluding carboxylic acids is 2. The maximum atomic E-state index is 12.8. The molecule has 0 saturated carbocycles. The van der Waals surface area contributed by atoms with E-state index in [2.05, 4.69) is 4.98 Å². The SMILES string of the molecule is CN(C)C(=O)c1c(Cl)cccc1C=CC(=O)c1cccc(OCc2ccc3ccc(Cl)cc3n2)c1. The van der Waals surface area contributed by atoms with Gasteiger partial charge in [-0.25, -0.2) is 4.98 Å². The van der Waals surface area contributed by atoms with Crippen LogP contribution in [0.2, 0.25) is 10.0 Å². The summed E-state index contributed by atoms with van der Waals surface area (Å²) in [5, 5.41) is 1.95. The molecule has 0 bridgehead atoms. The molecule has 1 amide bonds. The summed E-state index contributed by atoms with van der Waals surface area (Å²) in [4.78, 5) is 31.4. The summed E-state index contributed by atoms with van der Waals surface area (Å²) < 4.78 is 5.88. The zero-order valence-electron chi connectivity index (χ0n) is 19.2. The molecule has 0 aliphatic heterocycles. The molecular formula is C28H22Cl2N2O3. The number of halogens is 2. The highest BCUT2D eigenvalue weighted by Gasteiger charge is 2.16. The number of ether oxygens (including phenoxy) is 1. The normalized spacial score (nSPS) is 11.1. The van der Waals surface area contributed by atoms with Crippen LogP contribution < -0.4 is 4.74 Å². The lowest BCUT2D eigenvalue weighted by Crippen LogP contribution is -2.22. The van der Waals surface area contributed by atoms with Crippen molar-refractivity contribution < 1.29 is 14.3 Å². The van der Waals surface area contributed by atoms with Crippen molar-refractivity contribution in [2.24, 2.45) is 0 Å². The van der Waals surface area contributed by atoms with E-state index in [-0.39, 0.29) is 18.3 Å². The number of carbonyl (C=O) groups is 2. The maximum Gasteiger partial charge on any atom is 0.255 e. The third-order valence-electron chi connectivity index (χ3n) is 5.30. The van der Waals surface area contributed by atoms with Crippen LogP contribution in [0.5, 0.6) is 5.75 Å².